The third kappa shape index (κ3) is 3.07. The highest BCUT2D eigenvalue weighted by molar-refractivity contribution is 6.11. The van der Waals surface area contributed by atoms with Crippen LogP contribution >= 0.6 is 0 Å². The number of nitrogens with one attached hydrogen (secondary N) is 1. The van der Waals surface area contributed by atoms with E-state index < -0.39 is 0 Å². The van der Waals surface area contributed by atoms with E-state index in [-0.39, 0.29) is 0 Å². The van der Waals surface area contributed by atoms with Crippen LogP contribution in [-0.2, 0) is 6.54 Å². The van der Waals surface area contributed by atoms with Crippen molar-refractivity contribution in [1.29, 1.82) is 0 Å². The molecule has 0 saturated heterocycles. The molecule has 1 fully saturated rings. The lowest BCUT2D eigenvalue weighted by atomic mass is 10.0. The largest absolute Gasteiger partial charge is 0.368 e. The summed E-state index contributed by atoms with van der Waals surface area (Å²) >= 11 is 0. The van der Waals surface area contributed by atoms with Crippen LogP contribution in [0.5, 0.6) is 0 Å². The first kappa shape index (κ1) is 17.0. The van der Waals surface area contributed by atoms with Gasteiger partial charge in [0.1, 0.15) is 5.82 Å². The van der Waals surface area contributed by atoms with E-state index in [1.54, 1.807) is 0 Å². The molecule has 1 aliphatic carbocycles. The summed E-state index contributed by atoms with van der Waals surface area (Å²) in [6, 6.07) is 15.8. The number of nitrogens with two attached hydrogens (primary N) is 1. The molecule has 1 aliphatic rings. The van der Waals surface area contributed by atoms with Crippen molar-refractivity contribution >= 4 is 33.6 Å². The van der Waals surface area contributed by atoms with E-state index in [2.05, 4.69) is 76.3 Å². The molecule has 2 heterocycles. The van der Waals surface area contributed by atoms with E-state index in [1.165, 1.54) is 34.9 Å². The molecular formula is C23H25N5. The molecule has 2 aromatic heterocycles. The summed E-state index contributed by atoms with van der Waals surface area (Å²) in [6.07, 6.45) is 4.53. The molecule has 28 heavy (non-hydrogen) atoms. The number of benzene rings is 2. The maximum absolute atomic E-state index is 5.94. The highest BCUT2D eigenvalue weighted by atomic mass is 15.1. The molecule has 0 atom stereocenters. The molecule has 3 N–H and O–H groups in total. The molecule has 5 heteroatoms. The van der Waals surface area contributed by atoms with Gasteiger partial charge in [-0.15, -0.1) is 0 Å². The van der Waals surface area contributed by atoms with E-state index >= 15 is 0 Å². The number of fused-ring (bicyclic) bond motifs is 3. The number of nitrogens with zero attached hydrogens (tertiary/aromatic N) is 3. The number of nitrogen functional groups attached to an aromatic ring is 1. The summed E-state index contributed by atoms with van der Waals surface area (Å²) in [5, 5.41) is 5.76. The number of hydrogen-bond donors (Lipinski definition) is 2. The second-order valence-corrected chi connectivity index (χ2v) is 8.08. The monoisotopic (exact) mass is 371 g/mol. The Bertz CT molecular complexity index is 1150. The number of anilines is 2. The maximum Gasteiger partial charge on any atom is 0.222 e. The standard InChI is InChI=1S/C23H25N5/c1-14(2)16-5-3-15(4-6-16)13-28-12-11-18-20(28)10-9-19-21(18)22(25-17-7-8-17)27-23(24)26-19/h3-6,9-12,14,17H,7-8,13H2,1-2H3,(H3,24,25,26,27). The second-order valence-electron chi connectivity index (χ2n) is 8.08. The lowest BCUT2D eigenvalue weighted by Crippen LogP contribution is -2.07. The van der Waals surface area contributed by atoms with Crippen molar-refractivity contribution in [3.8, 4) is 0 Å². The molecule has 0 bridgehead atoms. The first-order valence-electron chi connectivity index (χ1n) is 9.99. The Morgan fingerprint density at radius 2 is 1.86 bits per heavy atom. The van der Waals surface area contributed by atoms with Gasteiger partial charge in [0, 0.05) is 29.7 Å². The Morgan fingerprint density at radius 3 is 2.57 bits per heavy atom. The molecule has 0 amide bonds. The maximum atomic E-state index is 5.94. The fourth-order valence-electron chi connectivity index (χ4n) is 3.79. The number of rotatable bonds is 5. The van der Waals surface area contributed by atoms with Crippen LogP contribution < -0.4 is 11.1 Å². The van der Waals surface area contributed by atoms with Gasteiger partial charge in [-0.05, 0) is 48.1 Å². The van der Waals surface area contributed by atoms with Crippen LogP contribution in [0.4, 0.5) is 11.8 Å². The fourth-order valence-corrected chi connectivity index (χ4v) is 3.79. The molecule has 2 aromatic carbocycles. The molecule has 5 rings (SSSR count). The summed E-state index contributed by atoms with van der Waals surface area (Å²) in [6.45, 7) is 5.29. The Hall–Kier alpha value is -3.08. The minimum absolute atomic E-state index is 0.319. The fraction of sp³-hybridized carbons (Fsp3) is 0.304. The van der Waals surface area contributed by atoms with E-state index in [0.717, 1.165) is 23.3 Å². The molecule has 0 radical (unpaired) electrons. The highest BCUT2D eigenvalue weighted by Gasteiger charge is 2.23. The van der Waals surface area contributed by atoms with Crippen molar-refractivity contribution in [2.45, 2.75) is 45.2 Å². The average molecular weight is 371 g/mol. The number of hydrogen-bond acceptors (Lipinski definition) is 4. The first-order valence-corrected chi connectivity index (χ1v) is 9.99. The van der Waals surface area contributed by atoms with Crippen LogP contribution in [0.2, 0.25) is 0 Å². The summed E-state index contributed by atoms with van der Waals surface area (Å²) in [4.78, 5) is 8.95. The van der Waals surface area contributed by atoms with Gasteiger partial charge in [-0.2, -0.15) is 4.98 Å². The van der Waals surface area contributed by atoms with Crippen LogP contribution in [0.3, 0.4) is 0 Å². The third-order valence-corrected chi connectivity index (χ3v) is 5.55. The van der Waals surface area contributed by atoms with Gasteiger partial charge in [-0.3, -0.25) is 0 Å². The Balaban J connectivity index is 1.57. The van der Waals surface area contributed by atoms with Gasteiger partial charge in [-0.25, -0.2) is 4.98 Å². The van der Waals surface area contributed by atoms with Gasteiger partial charge in [-0.1, -0.05) is 38.1 Å². The minimum Gasteiger partial charge on any atom is -0.368 e. The lowest BCUT2D eigenvalue weighted by molar-refractivity contribution is 0.829. The zero-order valence-electron chi connectivity index (χ0n) is 16.3. The van der Waals surface area contributed by atoms with Gasteiger partial charge in [0.15, 0.2) is 0 Å². The zero-order valence-corrected chi connectivity index (χ0v) is 16.3. The van der Waals surface area contributed by atoms with E-state index in [0.29, 0.717) is 17.9 Å². The second kappa shape index (κ2) is 6.51. The van der Waals surface area contributed by atoms with Crippen molar-refractivity contribution in [3.05, 3.63) is 59.8 Å². The molecular weight excluding hydrogens is 346 g/mol. The molecule has 0 unspecified atom stereocenters. The molecule has 0 spiro atoms. The van der Waals surface area contributed by atoms with Gasteiger partial charge in [0.2, 0.25) is 5.95 Å². The van der Waals surface area contributed by atoms with E-state index in [4.69, 9.17) is 5.73 Å². The summed E-state index contributed by atoms with van der Waals surface area (Å²) in [5.41, 5.74) is 10.7. The molecule has 4 aromatic rings. The summed E-state index contributed by atoms with van der Waals surface area (Å²) in [7, 11) is 0. The van der Waals surface area contributed by atoms with Crippen LogP contribution in [-0.4, -0.2) is 20.6 Å². The SMILES string of the molecule is CC(C)c1ccc(Cn2ccc3c4c(NC5CC5)nc(N)nc4ccc32)cc1. The zero-order chi connectivity index (χ0) is 19.3. The topological polar surface area (TPSA) is 68.8 Å². The molecule has 1 saturated carbocycles. The summed E-state index contributed by atoms with van der Waals surface area (Å²) < 4.78 is 2.29. The first-order chi connectivity index (χ1) is 13.6. The highest BCUT2D eigenvalue weighted by Crippen LogP contribution is 2.34. The predicted molar refractivity (Wildman–Crippen MR) is 116 cm³/mol. The van der Waals surface area contributed by atoms with Crippen molar-refractivity contribution < 1.29 is 0 Å². The third-order valence-electron chi connectivity index (χ3n) is 5.55. The van der Waals surface area contributed by atoms with Crippen molar-refractivity contribution in [3.63, 3.8) is 0 Å². The van der Waals surface area contributed by atoms with Crippen LogP contribution in [0, 0.1) is 0 Å². The van der Waals surface area contributed by atoms with E-state index in [1.807, 2.05) is 6.07 Å². The lowest BCUT2D eigenvalue weighted by Gasteiger charge is -2.11. The average Bonchev–Trinajstić information content (AvgIpc) is 3.40. The molecule has 5 nitrogen and oxygen atoms in total. The van der Waals surface area contributed by atoms with E-state index in [9.17, 15) is 0 Å². The van der Waals surface area contributed by atoms with Gasteiger partial charge in [0.05, 0.1) is 10.9 Å². The quantitative estimate of drug-likeness (QED) is 0.523. The Morgan fingerprint density at radius 1 is 1.07 bits per heavy atom. The minimum atomic E-state index is 0.319. The van der Waals surface area contributed by atoms with Crippen LogP contribution in [0.1, 0.15) is 43.7 Å². The van der Waals surface area contributed by atoms with Gasteiger partial charge in [0.25, 0.3) is 0 Å². The Kier molecular flexibility index (Phi) is 3.97. The predicted octanol–water partition coefficient (Wildman–Crippen LogP) is 4.91. The normalized spacial score (nSPS) is 14.2. The summed E-state index contributed by atoms with van der Waals surface area (Å²) in [5.74, 6) is 1.73. The number of aromatic nitrogens is 3. The Labute approximate surface area is 164 Å². The van der Waals surface area contributed by atoms with Crippen LogP contribution in [0.25, 0.3) is 21.8 Å². The smallest absolute Gasteiger partial charge is 0.222 e. The van der Waals surface area contributed by atoms with Crippen molar-refractivity contribution in [1.82, 2.24) is 14.5 Å². The molecule has 0 aliphatic heterocycles. The van der Waals surface area contributed by atoms with Gasteiger partial charge >= 0.3 is 0 Å². The van der Waals surface area contributed by atoms with Crippen LogP contribution in [0.15, 0.2) is 48.7 Å². The van der Waals surface area contributed by atoms with Crippen molar-refractivity contribution in [2.24, 2.45) is 0 Å². The van der Waals surface area contributed by atoms with Crippen molar-refractivity contribution in [2.75, 3.05) is 11.1 Å². The molecule has 142 valence electrons. The van der Waals surface area contributed by atoms with Gasteiger partial charge < -0.3 is 15.6 Å².